The Hall–Kier alpha value is -2.83. The molecule has 0 unspecified atom stereocenters. The number of carbonyl (C=O) groups is 1. The normalized spacial score (nSPS) is 13.8. The molecule has 25 heavy (non-hydrogen) atoms. The van der Waals surface area contributed by atoms with Gasteiger partial charge in [-0.2, -0.15) is 0 Å². The molecule has 7 heteroatoms. The molecule has 1 fully saturated rings. The highest BCUT2D eigenvalue weighted by Crippen LogP contribution is 2.18. The maximum absolute atomic E-state index is 12.4. The van der Waals surface area contributed by atoms with Crippen molar-refractivity contribution in [2.24, 2.45) is 0 Å². The van der Waals surface area contributed by atoms with Crippen LogP contribution in [0.25, 0.3) is 0 Å². The van der Waals surface area contributed by atoms with Gasteiger partial charge in [0.2, 0.25) is 11.9 Å². The third kappa shape index (κ3) is 3.99. The van der Waals surface area contributed by atoms with Crippen LogP contribution < -0.4 is 20.5 Å². The monoisotopic (exact) mass is 342 g/mol. The van der Waals surface area contributed by atoms with Crippen molar-refractivity contribution in [1.82, 2.24) is 9.55 Å². The second-order valence-corrected chi connectivity index (χ2v) is 6.09. The number of carbonyl (C=O) groups excluding carboxylic acids is 1. The quantitative estimate of drug-likeness (QED) is 0.897. The Labute approximate surface area is 146 Å². The summed E-state index contributed by atoms with van der Waals surface area (Å²) in [6.07, 6.45) is 2.14. The van der Waals surface area contributed by atoms with Crippen LogP contribution in [0.1, 0.15) is 18.5 Å². The van der Waals surface area contributed by atoms with Gasteiger partial charge < -0.3 is 15.0 Å². The molecule has 0 spiro atoms. The van der Waals surface area contributed by atoms with Crippen molar-refractivity contribution in [3.8, 4) is 5.75 Å². The van der Waals surface area contributed by atoms with E-state index in [1.807, 2.05) is 0 Å². The first-order valence-electron chi connectivity index (χ1n) is 8.34. The van der Waals surface area contributed by atoms with Crippen LogP contribution in [-0.4, -0.2) is 35.7 Å². The van der Waals surface area contributed by atoms with Crippen LogP contribution in [0.15, 0.2) is 35.1 Å². The summed E-state index contributed by atoms with van der Waals surface area (Å²) >= 11 is 0. The van der Waals surface area contributed by atoms with E-state index in [0.717, 1.165) is 25.9 Å². The molecule has 7 nitrogen and oxygen atoms in total. The van der Waals surface area contributed by atoms with Crippen molar-refractivity contribution < 1.29 is 9.53 Å². The summed E-state index contributed by atoms with van der Waals surface area (Å²) in [5, 5.41) is 2.80. The highest BCUT2D eigenvalue weighted by molar-refractivity contribution is 5.90. The van der Waals surface area contributed by atoms with Crippen LogP contribution >= 0.6 is 0 Å². The Morgan fingerprint density at radius 2 is 1.92 bits per heavy atom. The van der Waals surface area contributed by atoms with E-state index in [1.165, 1.54) is 10.6 Å². The van der Waals surface area contributed by atoms with Crippen LogP contribution in [0, 0.1) is 6.92 Å². The van der Waals surface area contributed by atoms with E-state index >= 15 is 0 Å². The standard InChI is InChI=1S/C18H22N4O3/c1-13-11-17(24)22(18(19-13)21-9-3-4-10-21)12-16(23)20-14-5-7-15(25-2)8-6-14/h5-8,11H,3-4,9-10,12H2,1-2H3,(H,20,23). The first kappa shape index (κ1) is 17.0. The first-order valence-corrected chi connectivity index (χ1v) is 8.34. The zero-order valence-electron chi connectivity index (χ0n) is 14.5. The van der Waals surface area contributed by atoms with Crippen LogP contribution in [0.2, 0.25) is 0 Å². The van der Waals surface area contributed by atoms with Gasteiger partial charge in [-0.25, -0.2) is 4.98 Å². The molecule has 1 saturated heterocycles. The molecule has 0 bridgehead atoms. The van der Waals surface area contributed by atoms with Gasteiger partial charge in [0.05, 0.1) is 7.11 Å². The van der Waals surface area contributed by atoms with Crippen molar-refractivity contribution >= 4 is 17.5 Å². The van der Waals surface area contributed by atoms with E-state index in [2.05, 4.69) is 15.2 Å². The number of aryl methyl sites for hydroxylation is 1. The van der Waals surface area contributed by atoms with E-state index in [4.69, 9.17) is 4.74 Å². The molecule has 1 amide bonds. The van der Waals surface area contributed by atoms with Crippen LogP contribution in [0.4, 0.5) is 11.6 Å². The third-order valence-corrected chi connectivity index (χ3v) is 4.18. The second-order valence-electron chi connectivity index (χ2n) is 6.09. The lowest BCUT2D eigenvalue weighted by atomic mass is 10.3. The molecule has 2 aromatic rings. The maximum atomic E-state index is 12.4. The molecule has 0 atom stereocenters. The van der Waals surface area contributed by atoms with Crippen molar-refractivity contribution in [2.45, 2.75) is 26.3 Å². The third-order valence-electron chi connectivity index (χ3n) is 4.18. The highest BCUT2D eigenvalue weighted by atomic mass is 16.5. The lowest BCUT2D eigenvalue weighted by molar-refractivity contribution is -0.116. The molecule has 1 aromatic carbocycles. The zero-order chi connectivity index (χ0) is 17.8. The van der Waals surface area contributed by atoms with Gasteiger partial charge in [-0.05, 0) is 44.0 Å². The minimum atomic E-state index is -0.265. The summed E-state index contributed by atoms with van der Waals surface area (Å²) in [6.45, 7) is 3.44. The van der Waals surface area contributed by atoms with Gasteiger partial charge in [-0.15, -0.1) is 0 Å². The number of ether oxygens (including phenoxy) is 1. The van der Waals surface area contributed by atoms with Gasteiger partial charge in [0.25, 0.3) is 5.56 Å². The fourth-order valence-electron chi connectivity index (χ4n) is 2.93. The zero-order valence-corrected chi connectivity index (χ0v) is 14.5. The molecular formula is C18H22N4O3. The van der Waals surface area contributed by atoms with Crippen molar-refractivity contribution in [1.29, 1.82) is 0 Å². The summed E-state index contributed by atoms with van der Waals surface area (Å²) in [5.74, 6) is 1.03. The number of nitrogens with one attached hydrogen (secondary N) is 1. The van der Waals surface area contributed by atoms with E-state index in [0.29, 0.717) is 23.1 Å². The Balaban J connectivity index is 1.79. The van der Waals surface area contributed by atoms with Gasteiger partial charge in [0, 0.05) is 30.5 Å². The molecular weight excluding hydrogens is 320 g/mol. The molecule has 1 N–H and O–H groups in total. The van der Waals surface area contributed by atoms with Crippen molar-refractivity contribution in [3.63, 3.8) is 0 Å². The number of rotatable bonds is 5. The van der Waals surface area contributed by atoms with Gasteiger partial charge >= 0.3 is 0 Å². The lowest BCUT2D eigenvalue weighted by Gasteiger charge is -2.21. The van der Waals surface area contributed by atoms with Crippen molar-refractivity contribution in [2.75, 3.05) is 30.4 Å². The van der Waals surface area contributed by atoms with Gasteiger partial charge in [0.15, 0.2) is 0 Å². The van der Waals surface area contributed by atoms with E-state index < -0.39 is 0 Å². The van der Waals surface area contributed by atoms with Gasteiger partial charge in [0.1, 0.15) is 12.3 Å². The summed E-state index contributed by atoms with van der Waals surface area (Å²) in [6, 6.07) is 8.51. The SMILES string of the molecule is COc1ccc(NC(=O)Cn2c(N3CCCC3)nc(C)cc2=O)cc1. The van der Waals surface area contributed by atoms with Crippen LogP contribution in [-0.2, 0) is 11.3 Å². The van der Waals surface area contributed by atoms with Crippen molar-refractivity contribution in [3.05, 3.63) is 46.4 Å². The molecule has 0 radical (unpaired) electrons. The number of hydrogen-bond acceptors (Lipinski definition) is 5. The molecule has 0 aliphatic carbocycles. The molecule has 0 saturated carbocycles. The molecule has 3 rings (SSSR count). The number of nitrogens with zero attached hydrogens (tertiary/aromatic N) is 3. The Bertz CT molecular complexity index is 808. The summed E-state index contributed by atoms with van der Waals surface area (Å²) in [5.41, 5.74) is 1.11. The predicted octanol–water partition coefficient (Wildman–Crippen LogP) is 1.80. The molecule has 1 aromatic heterocycles. The fraction of sp³-hybridized carbons (Fsp3) is 0.389. The second kappa shape index (κ2) is 7.38. The highest BCUT2D eigenvalue weighted by Gasteiger charge is 2.20. The largest absolute Gasteiger partial charge is 0.497 e. The summed E-state index contributed by atoms with van der Waals surface area (Å²) in [4.78, 5) is 31.3. The Kier molecular flexibility index (Phi) is 5.02. The number of anilines is 2. The van der Waals surface area contributed by atoms with Crippen LogP contribution in [0.5, 0.6) is 5.75 Å². The average molecular weight is 342 g/mol. The van der Waals surface area contributed by atoms with Crippen LogP contribution in [0.3, 0.4) is 0 Å². The fourth-order valence-corrected chi connectivity index (χ4v) is 2.93. The Morgan fingerprint density at radius 1 is 1.24 bits per heavy atom. The number of amides is 1. The average Bonchev–Trinajstić information content (AvgIpc) is 3.12. The number of aromatic nitrogens is 2. The minimum absolute atomic E-state index is 0.0655. The molecule has 1 aliphatic rings. The minimum Gasteiger partial charge on any atom is -0.497 e. The predicted molar refractivity (Wildman–Crippen MR) is 96.3 cm³/mol. The summed E-state index contributed by atoms with van der Waals surface area (Å²) < 4.78 is 6.54. The number of benzene rings is 1. The maximum Gasteiger partial charge on any atom is 0.255 e. The first-order chi connectivity index (χ1) is 12.1. The smallest absolute Gasteiger partial charge is 0.255 e. The lowest BCUT2D eigenvalue weighted by Crippen LogP contribution is -2.34. The Morgan fingerprint density at radius 3 is 2.56 bits per heavy atom. The van der Waals surface area contributed by atoms with Gasteiger partial charge in [-0.3, -0.25) is 14.2 Å². The molecule has 132 valence electrons. The van der Waals surface area contributed by atoms with Gasteiger partial charge in [-0.1, -0.05) is 0 Å². The molecule has 2 heterocycles. The molecule has 1 aliphatic heterocycles. The number of hydrogen-bond donors (Lipinski definition) is 1. The van der Waals surface area contributed by atoms with E-state index in [1.54, 1.807) is 38.3 Å². The topological polar surface area (TPSA) is 76.5 Å². The van der Waals surface area contributed by atoms with E-state index in [9.17, 15) is 9.59 Å². The van der Waals surface area contributed by atoms with E-state index in [-0.39, 0.29) is 18.0 Å². The summed E-state index contributed by atoms with van der Waals surface area (Å²) in [7, 11) is 1.59. The number of methoxy groups -OCH3 is 1.